The molecule has 2 amide bonds. The first-order chi connectivity index (χ1) is 14.7. The van der Waals surface area contributed by atoms with Crippen LogP contribution in [-0.2, 0) is 11.3 Å². The number of amides is 2. The van der Waals surface area contributed by atoms with Crippen molar-refractivity contribution in [3.8, 4) is 0 Å². The van der Waals surface area contributed by atoms with Gasteiger partial charge in [0.1, 0.15) is 0 Å². The minimum Gasteiger partial charge on any atom is -0.345 e. The van der Waals surface area contributed by atoms with Crippen molar-refractivity contribution < 1.29 is 19.3 Å². The van der Waals surface area contributed by atoms with E-state index >= 15 is 0 Å². The van der Waals surface area contributed by atoms with Crippen LogP contribution >= 0.6 is 0 Å². The predicted octanol–water partition coefficient (Wildman–Crippen LogP) is 3.73. The summed E-state index contributed by atoms with van der Waals surface area (Å²) < 4.78 is 5.30. The number of hydrogen-bond acceptors (Lipinski definition) is 6. The van der Waals surface area contributed by atoms with Gasteiger partial charge in [0.2, 0.25) is 11.8 Å². The largest absolute Gasteiger partial charge is 0.345 e. The van der Waals surface area contributed by atoms with E-state index in [0.29, 0.717) is 13.0 Å². The molecule has 1 aliphatic carbocycles. The molecule has 30 heavy (non-hydrogen) atoms. The Hall–Kier alpha value is -2.74. The lowest BCUT2D eigenvalue weighted by Crippen LogP contribution is -2.24. The lowest BCUT2D eigenvalue weighted by molar-refractivity contribution is -0.129. The van der Waals surface area contributed by atoms with Gasteiger partial charge >= 0.3 is 0 Å². The second kappa shape index (κ2) is 11.4. The van der Waals surface area contributed by atoms with Crippen molar-refractivity contribution in [2.75, 3.05) is 0 Å². The van der Waals surface area contributed by atoms with Crippen molar-refractivity contribution >= 4 is 11.8 Å². The summed E-state index contributed by atoms with van der Waals surface area (Å²) >= 11 is 0. The molecule has 0 radical (unpaired) electrons. The fraction of sp³-hybridized carbons (Fsp3) is 0.545. The molecule has 1 aromatic carbocycles. The lowest BCUT2D eigenvalue weighted by Gasteiger charge is -2.22. The topological polar surface area (TPSA) is 117 Å². The highest BCUT2D eigenvalue weighted by Gasteiger charge is 2.25. The fourth-order valence-electron chi connectivity index (χ4n) is 4.06. The zero-order chi connectivity index (χ0) is 21.2. The Morgan fingerprint density at radius 2 is 1.93 bits per heavy atom. The zero-order valence-corrected chi connectivity index (χ0v) is 17.2. The van der Waals surface area contributed by atoms with E-state index in [2.05, 4.69) is 15.5 Å². The molecule has 3 rings (SSSR count). The Bertz CT molecular complexity index is 802. The molecule has 3 N–H and O–H groups in total. The Morgan fingerprint density at radius 1 is 1.17 bits per heavy atom. The van der Waals surface area contributed by atoms with Gasteiger partial charge in [0.15, 0.2) is 0 Å². The molecular formula is C22H30N4O4. The number of nitrogens with zero attached hydrogens (tertiary/aromatic N) is 2. The first-order valence-corrected chi connectivity index (χ1v) is 10.7. The van der Waals surface area contributed by atoms with Gasteiger partial charge in [0, 0.05) is 18.9 Å². The van der Waals surface area contributed by atoms with Crippen molar-refractivity contribution in [1.82, 2.24) is 20.9 Å². The van der Waals surface area contributed by atoms with Gasteiger partial charge in [-0.25, -0.2) is 5.48 Å². The van der Waals surface area contributed by atoms with Crippen LogP contribution in [0.2, 0.25) is 0 Å². The summed E-state index contributed by atoms with van der Waals surface area (Å²) in [6, 6.07) is 9.54. The summed E-state index contributed by atoms with van der Waals surface area (Å²) in [4.78, 5) is 28.3. The van der Waals surface area contributed by atoms with Crippen LogP contribution in [-0.4, -0.2) is 27.2 Å². The van der Waals surface area contributed by atoms with Crippen LogP contribution in [0.5, 0.6) is 0 Å². The highest BCUT2D eigenvalue weighted by Crippen LogP contribution is 2.31. The van der Waals surface area contributed by atoms with Gasteiger partial charge in [0.25, 0.3) is 11.7 Å². The van der Waals surface area contributed by atoms with E-state index in [1.165, 1.54) is 32.1 Å². The summed E-state index contributed by atoms with van der Waals surface area (Å²) in [5.41, 5.74) is 2.63. The van der Waals surface area contributed by atoms with Gasteiger partial charge < -0.3 is 9.84 Å². The van der Waals surface area contributed by atoms with E-state index in [0.717, 1.165) is 24.3 Å². The summed E-state index contributed by atoms with van der Waals surface area (Å²) in [6.07, 6.45) is 9.24. The quantitative estimate of drug-likeness (QED) is 0.403. The third-order valence-corrected chi connectivity index (χ3v) is 5.74. The van der Waals surface area contributed by atoms with Crippen molar-refractivity contribution in [2.24, 2.45) is 5.92 Å². The van der Waals surface area contributed by atoms with E-state index in [1.807, 2.05) is 30.3 Å². The third-order valence-electron chi connectivity index (χ3n) is 5.74. The SMILES string of the molecule is O=C(C[C@@H](CCCC1CCCCC1)c1nc(C(=O)NCc2ccccc2)no1)NO. The standard InChI is InChI=1S/C22H30N4O4/c27-19(25-29)14-18(13-7-12-16-8-3-1-4-9-16)22-24-20(26-30-22)21(28)23-15-17-10-5-2-6-11-17/h2,5-6,10-11,16,18,29H,1,3-4,7-9,12-15H2,(H,23,28)(H,25,27)/t18-/m1/s1. The van der Waals surface area contributed by atoms with Crippen LogP contribution in [0.4, 0.5) is 0 Å². The van der Waals surface area contributed by atoms with E-state index in [9.17, 15) is 9.59 Å². The number of hydroxylamine groups is 1. The fourth-order valence-corrected chi connectivity index (χ4v) is 4.06. The molecule has 0 bridgehead atoms. The summed E-state index contributed by atoms with van der Waals surface area (Å²) in [6.45, 7) is 0.362. The molecule has 1 atom stereocenters. The van der Waals surface area contributed by atoms with Crippen molar-refractivity contribution in [1.29, 1.82) is 0 Å². The molecule has 162 valence electrons. The number of nitrogens with one attached hydrogen (secondary N) is 2. The molecular weight excluding hydrogens is 384 g/mol. The molecule has 1 saturated carbocycles. The van der Waals surface area contributed by atoms with Crippen LogP contribution < -0.4 is 10.8 Å². The summed E-state index contributed by atoms with van der Waals surface area (Å²) in [5, 5.41) is 15.5. The molecule has 1 heterocycles. The number of carbonyl (C=O) groups excluding carboxylic acids is 2. The molecule has 1 fully saturated rings. The Morgan fingerprint density at radius 3 is 2.67 bits per heavy atom. The van der Waals surface area contributed by atoms with Crippen LogP contribution in [0.25, 0.3) is 0 Å². The van der Waals surface area contributed by atoms with Gasteiger partial charge in [-0.15, -0.1) is 0 Å². The molecule has 2 aromatic rings. The molecule has 1 aliphatic rings. The minimum atomic E-state index is -0.508. The van der Waals surface area contributed by atoms with E-state index in [4.69, 9.17) is 9.73 Å². The van der Waals surface area contributed by atoms with E-state index < -0.39 is 11.8 Å². The highest BCUT2D eigenvalue weighted by molar-refractivity contribution is 5.90. The first-order valence-electron chi connectivity index (χ1n) is 10.7. The molecule has 1 aromatic heterocycles. The maximum Gasteiger partial charge on any atom is 0.292 e. The van der Waals surface area contributed by atoms with Crippen LogP contribution in [0.15, 0.2) is 34.9 Å². The van der Waals surface area contributed by atoms with Crippen LogP contribution in [0.3, 0.4) is 0 Å². The first kappa shape index (κ1) is 22.0. The highest BCUT2D eigenvalue weighted by atomic mass is 16.5. The third kappa shape index (κ3) is 6.66. The second-order valence-electron chi connectivity index (χ2n) is 8.00. The normalized spacial score (nSPS) is 15.5. The van der Waals surface area contributed by atoms with Crippen LogP contribution in [0.1, 0.15) is 85.8 Å². The zero-order valence-electron chi connectivity index (χ0n) is 17.2. The van der Waals surface area contributed by atoms with Crippen LogP contribution in [0, 0.1) is 5.92 Å². The van der Waals surface area contributed by atoms with Crippen molar-refractivity contribution in [2.45, 2.75) is 70.3 Å². The Balaban J connectivity index is 1.56. The number of rotatable bonds is 10. The Labute approximate surface area is 176 Å². The molecule has 0 saturated heterocycles. The average Bonchev–Trinajstić information content (AvgIpc) is 3.28. The molecule has 0 aliphatic heterocycles. The van der Waals surface area contributed by atoms with E-state index in [-0.39, 0.29) is 24.1 Å². The molecule has 8 heteroatoms. The smallest absolute Gasteiger partial charge is 0.292 e. The van der Waals surface area contributed by atoms with Gasteiger partial charge in [0.05, 0.1) is 0 Å². The second-order valence-corrected chi connectivity index (χ2v) is 8.00. The molecule has 0 spiro atoms. The van der Waals surface area contributed by atoms with Crippen molar-refractivity contribution in [3.63, 3.8) is 0 Å². The average molecular weight is 415 g/mol. The predicted molar refractivity (Wildman–Crippen MR) is 110 cm³/mol. The van der Waals surface area contributed by atoms with E-state index in [1.54, 1.807) is 5.48 Å². The molecule has 8 nitrogen and oxygen atoms in total. The van der Waals surface area contributed by atoms with Gasteiger partial charge in [-0.05, 0) is 17.9 Å². The number of benzene rings is 1. The summed E-state index contributed by atoms with van der Waals surface area (Å²) in [5.74, 6) is -0.320. The Kier molecular flexibility index (Phi) is 8.38. The minimum absolute atomic E-state index is 0.0361. The maximum atomic E-state index is 12.3. The number of carbonyl (C=O) groups is 2. The van der Waals surface area contributed by atoms with Gasteiger partial charge in [-0.1, -0.05) is 80.4 Å². The van der Waals surface area contributed by atoms with Gasteiger partial charge in [-0.2, -0.15) is 4.98 Å². The van der Waals surface area contributed by atoms with Crippen molar-refractivity contribution in [3.05, 3.63) is 47.6 Å². The maximum absolute atomic E-state index is 12.3. The van der Waals surface area contributed by atoms with Gasteiger partial charge in [-0.3, -0.25) is 14.8 Å². The number of aromatic nitrogens is 2. The number of hydrogen-bond donors (Lipinski definition) is 3. The lowest BCUT2D eigenvalue weighted by atomic mass is 9.84. The molecule has 0 unspecified atom stereocenters. The monoisotopic (exact) mass is 414 g/mol. The summed E-state index contributed by atoms with van der Waals surface area (Å²) in [7, 11) is 0.